The first-order valence-electron chi connectivity index (χ1n) is 6.71. The number of halogens is 3. The number of anilines is 1. The molecule has 0 bridgehead atoms. The number of ether oxygens (including phenoxy) is 1. The van der Waals surface area contributed by atoms with Crippen molar-refractivity contribution in [3.05, 3.63) is 33.9 Å². The van der Waals surface area contributed by atoms with Gasteiger partial charge in [0.2, 0.25) is 0 Å². The standard InChI is InChI=1S/C13H17F3N2O5/c14-13(15,16)10-1-2-11(12(9-10)18(21)22)17(3-5-19)4-7-23-8-6-20/h1-2,9,19-20H,3-8H2. The highest BCUT2D eigenvalue weighted by atomic mass is 19.4. The van der Waals surface area contributed by atoms with Crippen molar-refractivity contribution in [1.29, 1.82) is 0 Å². The largest absolute Gasteiger partial charge is 0.416 e. The Kier molecular flexibility index (Phi) is 7.20. The monoisotopic (exact) mass is 338 g/mol. The van der Waals surface area contributed by atoms with Crippen LogP contribution in [-0.4, -0.2) is 54.7 Å². The zero-order valence-electron chi connectivity index (χ0n) is 12.1. The van der Waals surface area contributed by atoms with Gasteiger partial charge in [-0.1, -0.05) is 0 Å². The molecular formula is C13H17F3N2O5. The first kappa shape index (κ1) is 19.1. The van der Waals surface area contributed by atoms with Crippen molar-refractivity contribution in [3.63, 3.8) is 0 Å². The Hall–Kier alpha value is -1.91. The molecule has 10 heteroatoms. The molecule has 0 aliphatic carbocycles. The van der Waals surface area contributed by atoms with Gasteiger partial charge in [0.05, 0.1) is 36.9 Å². The molecule has 0 aromatic heterocycles. The summed E-state index contributed by atoms with van der Waals surface area (Å²) in [7, 11) is 0. The fourth-order valence-corrected chi connectivity index (χ4v) is 1.93. The summed E-state index contributed by atoms with van der Waals surface area (Å²) in [5.74, 6) is 0. The van der Waals surface area contributed by atoms with E-state index in [9.17, 15) is 23.3 Å². The highest BCUT2D eigenvalue weighted by Gasteiger charge is 2.33. The Morgan fingerprint density at radius 3 is 2.39 bits per heavy atom. The molecule has 2 N–H and O–H groups in total. The molecule has 130 valence electrons. The van der Waals surface area contributed by atoms with Crippen LogP contribution in [0.2, 0.25) is 0 Å². The average molecular weight is 338 g/mol. The summed E-state index contributed by atoms with van der Waals surface area (Å²) >= 11 is 0. The lowest BCUT2D eigenvalue weighted by Gasteiger charge is -2.24. The normalized spacial score (nSPS) is 11.5. The molecular weight excluding hydrogens is 321 g/mol. The highest BCUT2D eigenvalue weighted by molar-refractivity contribution is 5.64. The number of nitro benzene ring substituents is 1. The Morgan fingerprint density at radius 1 is 1.17 bits per heavy atom. The first-order chi connectivity index (χ1) is 10.8. The molecule has 0 aliphatic heterocycles. The van der Waals surface area contributed by atoms with Crippen LogP contribution in [0.15, 0.2) is 18.2 Å². The molecule has 0 heterocycles. The third-order valence-corrected chi connectivity index (χ3v) is 2.95. The van der Waals surface area contributed by atoms with Gasteiger partial charge >= 0.3 is 6.18 Å². The number of aliphatic hydroxyl groups is 2. The van der Waals surface area contributed by atoms with E-state index in [4.69, 9.17) is 14.9 Å². The Bertz CT molecular complexity index is 525. The molecule has 0 atom stereocenters. The first-order valence-corrected chi connectivity index (χ1v) is 6.71. The molecule has 23 heavy (non-hydrogen) atoms. The molecule has 0 radical (unpaired) electrons. The Labute approximate surface area is 130 Å². The molecule has 0 unspecified atom stereocenters. The van der Waals surface area contributed by atoms with Crippen LogP contribution in [0.5, 0.6) is 0 Å². The van der Waals surface area contributed by atoms with Crippen molar-refractivity contribution >= 4 is 11.4 Å². The van der Waals surface area contributed by atoms with Crippen molar-refractivity contribution in [2.45, 2.75) is 6.18 Å². The summed E-state index contributed by atoms with van der Waals surface area (Å²) in [4.78, 5) is 11.5. The lowest BCUT2D eigenvalue weighted by atomic mass is 10.1. The van der Waals surface area contributed by atoms with Gasteiger partial charge in [0.25, 0.3) is 5.69 Å². The summed E-state index contributed by atoms with van der Waals surface area (Å²) in [5.41, 5.74) is -1.85. The smallest absolute Gasteiger partial charge is 0.395 e. The second kappa shape index (κ2) is 8.65. The maximum Gasteiger partial charge on any atom is 0.416 e. The van der Waals surface area contributed by atoms with Crippen LogP contribution in [0.1, 0.15) is 5.56 Å². The second-order valence-corrected chi connectivity index (χ2v) is 4.50. The molecule has 0 saturated heterocycles. The van der Waals surface area contributed by atoms with Crippen molar-refractivity contribution in [2.75, 3.05) is 44.4 Å². The SMILES string of the molecule is O=[N+]([O-])c1cc(C(F)(F)F)ccc1N(CCO)CCOCCO. The predicted molar refractivity (Wildman–Crippen MR) is 75.3 cm³/mol. The van der Waals surface area contributed by atoms with Crippen LogP contribution in [-0.2, 0) is 10.9 Å². The van der Waals surface area contributed by atoms with E-state index in [1.165, 1.54) is 4.90 Å². The molecule has 1 aromatic carbocycles. The number of hydrogen-bond donors (Lipinski definition) is 2. The van der Waals surface area contributed by atoms with E-state index in [1.54, 1.807) is 0 Å². The molecule has 1 aromatic rings. The van der Waals surface area contributed by atoms with Gasteiger partial charge in [-0.25, -0.2) is 0 Å². The van der Waals surface area contributed by atoms with E-state index in [0.29, 0.717) is 6.07 Å². The van der Waals surface area contributed by atoms with Gasteiger partial charge in [0.1, 0.15) is 5.69 Å². The average Bonchev–Trinajstić information content (AvgIpc) is 2.49. The van der Waals surface area contributed by atoms with Gasteiger partial charge in [-0.3, -0.25) is 10.1 Å². The number of aliphatic hydroxyl groups excluding tert-OH is 2. The fraction of sp³-hybridized carbons (Fsp3) is 0.538. The fourth-order valence-electron chi connectivity index (χ4n) is 1.93. The molecule has 0 spiro atoms. The number of hydrogen-bond acceptors (Lipinski definition) is 6. The molecule has 0 amide bonds. The molecule has 1 rings (SSSR count). The van der Waals surface area contributed by atoms with Crippen molar-refractivity contribution in [3.8, 4) is 0 Å². The number of rotatable bonds is 9. The lowest BCUT2D eigenvalue weighted by molar-refractivity contribution is -0.384. The topological polar surface area (TPSA) is 96.1 Å². The third-order valence-electron chi connectivity index (χ3n) is 2.95. The minimum absolute atomic E-state index is 0.00527. The van der Waals surface area contributed by atoms with Crippen LogP contribution in [0.4, 0.5) is 24.5 Å². The van der Waals surface area contributed by atoms with Gasteiger partial charge < -0.3 is 19.8 Å². The molecule has 0 aliphatic rings. The summed E-state index contributed by atoms with van der Waals surface area (Å²) in [6, 6.07) is 2.22. The maximum absolute atomic E-state index is 12.7. The molecule has 0 saturated carbocycles. The van der Waals surface area contributed by atoms with Gasteiger partial charge in [-0.05, 0) is 12.1 Å². The minimum Gasteiger partial charge on any atom is -0.395 e. The van der Waals surface area contributed by atoms with Gasteiger partial charge in [0, 0.05) is 19.2 Å². The zero-order valence-corrected chi connectivity index (χ0v) is 12.1. The van der Waals surface area contributed by atoms with E-state index < -0.39 is 22.4 Å². The van der Waals surface area contributed by atoms with E-state index in [2.05, 4.69) is 0 Å². The quantitative estimate of drug-likeness (QED) is 0.402. The van der Waals surface area contributed by atoms with E-state index in [-0.39, 0.29) is 45.2 Å². The molecule has 7 nitrogen and oxygen atoms in total. The second-order valence-electron chi connectivity index (χ2n) is 4.50. The third kappa shape index (κ3) is 5.66. The number of benzene rings is 1. The number of nitro groups is 1. The van der Waals surface area contributed by atoms with Gasteiger partial charge in [-0.2, -0.15) is 13.2 Å². The van der Waals surface area contributed by atoms with Crippen molar-refractivity contribution in [2.24, 2.45) is 0 Å². The van der Waals surface area contributed by atoms with Crippen LogP contribution in [0.25, 0.3) is 0 Å². The highest BCUT2D eigenvalue weighted by Crippen LogP contribution is 2.36. The van der Waals surface area contributed by atoms with Gasteiger partial charge in [-0.15, -0.1) is 0 Å². The Balaban J connectivity index is 3.07. The van der Waals surface area contributed by atoms with Crippen LogP contribution in [0.3, 0.4) is 0 Å². The van der Waals surface area contributed by atoms with Crippen molar-refractivity contribution < 1.29 is 33.0 Å². The summed E-state index contributed by atoms with van der Waals surface area (Å²) in [6.07, 6.45) is -4.69. The maximum atomic E-state index is 12.7. The van der Waals surface area contributed by atoms with Crippen LogP contribution >= 0.6 is 0 Å². The Morgan fingerprint density at radius 2 is 1.87 bits per heavy atom. The van der Waals surface area contributed by atoms with E-state index >= 15 is 0 Å². The summed E-state index contributed by atoms with van der Waals surface area (Å²) in [6.45, 7) is -0.249. The minimum atomic E-state index is -4.69. The van der Waals surface area contributed by atoms with Crippen LogP contribution in [0, 0.1) is 10.1 Å². The predicted octanol–water partition coefficient (Wildman–Crippen LogP) is 1.42. The zero-order chi connectivity index (χ0) is 17.5. The summed E-state index contributed by atoms with van der Waals surface area (Å²) < 4.78 is 43.1. The number of alkyl halides is 3. The van der Waals surface area contributed by atoms with Crippen molar-refractivity contribution in [1.82, 2.24) is 0 Å². The molecule has 0 fully saturated rings. The summed E-state index contributed by atoms with van der Waals surface area (Å²) in [5, 5.41) is 28.7. The van der Waals surface area contributed by atoms with E-state index in [0.717, 1.165) is 12.1 Å². The van der Waals surface area contributed by atoms with Gasteiger partial charge in [0.15, 0.2) is 0 Å². The lowest BCUT2D eigenvalue weighted by Crippen LogP contribution is -2.31. The van der Waals surface area contributed by atoms with E-state index in [1.807, 2.05) is 0 Å². The number of nitrogens with zero attached hydrogens (tertiary/aromatic N) is 2. The van der Waals surface area contributed by atoms with Crippen LogP contribution < -0.4 is 4.90 Å².